The predicted octanol–water partition coefficient (Wildman–Crippen LogP) is 3.17. The molecule has 0 unspecified atom stereocenters. The average molecular weight is 262 g/mol. The number of H-pyrrole nitrogens is 1. The lowest BCUT2D eigenvalue weighted by Gasteiger charge is -2.11. The van der Waals surface area contributed by atoms with E-state index in [0.717, 1.165) is 29.4 Å². The van der Waals surface area contributed by atoms with E-state index in [0.29, 0.717) is 0 Å². The Hall–Kier alpha value is -1.42. The number of hydrogen-bond acceptors (Lipinski definition) is 3. The summed E-state index contributed by atoms with van der Waals surface area (Å²) in [7, 11) is 1.70. The molecule has 96 valence electrons. The van der Waals surface area contributed by atoms with Crippen LogP contribution in [-0.2, 0) is 6.42 Å². The van der Waals surface area contributed by atoms with Gasteiger partial charge in [0.15, 0.2) is 0 Å². The summed E-state index contributed by atoms with van der Waals surface area (Å²) in [4.78, 5) is 7.70. The van der Waals surface area contributed by atoms with E-state index in [-0.39, 0.29) is 0 Å². The van der Waals surface area contributed by atoms with Gasteiger partial charge in [0.05, 0.1) is 19.0 Å². The number of thiol groups is 1. The van der Waals surface area contributed by atoms with Crippen LogP contribution < -0.4 is 4.74 Å². The highest BCUT2D eigenvalue weighted by Crippen LogP contribution is 2.30. The predicted molar refractivity (Wildman–Crippen MR) is 77.6 cm³/mol. The van der Waals surface area contributed by atoms with Gasteiger partial charge in [0.1, 0.15) is 11.6 Å². The van der Waals surface area contributed by atoms with Crippen molar-refractivity contribution >= 4 is 12.6 Å². The van der Waals surface area contributed by atoms with E-state index in [4.69, 9.17) is 4.74 Å². The molecule has 1 heterocycles. The Balaban J connectivity index is 2.41. The summed E-state index contributed by atoms with van der Waals surface area (Å²) in [6, 6.07) is 4.07. The van der Waals surface area contributed by atoms with Gasteiger partial charge in [-0.1, -0.05) is 0 Å². The highest BCUT2D eigenvalue weighted by molar-refractivity contribution is 7.80. The van der Waals surface area contributed by atoms with Gasteiger partial charge in [0.2, 0.25) is 0 Å². The van der Waals surface area contributed by atoms with Crippen LogP contribution in [0.1, 0.15) is 17.0 Å². The third-order valence-corrected chi connectivity index (χ3v) is 3.45. The lowest BCUT2D eigenvalue weighted by molar-refractivity contribution is 0.411. The lowest BCUT2D eigenvalue weighted by Crippen LogP contribution is -1.93. The number of aromatic nitrogens is 2. The number of rotatable bonds is 4. The highest BCUT2D eigenvalue weighted by atomic mass is 32.1. The maximum Gasteiger partial charge on any atom is 0.122 e. The smallest absolute Gasteiger partial charge is 0.122 e. The molecule has 0 fully saturated rings. The largest absolute Gasteiger partial charge is 0.496 e. The Bertz CT molecular complexity index is 549. The van der Waals surface area contributed by atoms with Crippen molar-refractivity contribution in [1.29, 1.82) is 0 Å². The van der Waals surface area contributed by atoms with E-state index < -0.39 is 0 Å². The second-order valence-electron chi connectivity index (χ2n) is 4.28. The van der Waals surface area contributed by atoms with Gasteiger partial charge >= 0.3 is 0 Å². The molecule has 0 amide bonds. The van der Waals surface area contributed by atoms with Crippen molar-refractivity contribution in [3.05, 3.63) is 35.3 Å². The lowest BCUT2D eigenvalue weighted by atomic mass is 10.0. The summed E-state index contributed by atoms with van der Waals surface area (Å²) in [6.07, 6.45) is 2.74. The van der Waals surface area contributed by atoms with Crippen molar-refractivity contribution < 1.29 is 4.74 Å². The zero-order valence-electron chi connectivity index (χ0n) is 10.9. The Morgan fingerprint density at radius 2 is 2.06 bits per heavy atom. The van der Waals surface area contributed by atoms with Crippen molar-refractivity contribution in [3.63, 3.8) is 0 Å². The monoisotopic (exact) mass is 262 g/mol. The van der Waals surface area contributed by atoms with Crippen LogP contribution in [0.25, 0.3) is 11.3 Å². The Morgan fingerprint density at radius 3 is 2.72 bits per heavy atom. The molecule has 1 N–H and O–H groups in total. The number of aromatic amines is 1. The number of benzene rings is 1. The number of ether oxygens (including phenoxy) is 1. The van der Waals surface area contributed by atoms with E-state index in [1.807, 2.05) is 12.3 Å². The van der Waals surface area contributed by atoms with Crippen molar-refractivity contribution in [1.82, 2.24) is 9.97 Å². The third-order valence-electron chi connectivity index (χ3n) is 3.22. The molecule has 18 heavy (non-hydrogen) atoms. The summed E-state index contributed by atoms with van der Waals surface area (Å²) in [5.74, 6) is 2.70. The van der Waals surface area contributed by atoms with Gasteiger partial charge in [0, 0.05) is 12.0 Å². The van der Waals surface area contributed by atoms with E-state index in [1.54, 1.807) is 7.11 Å². The van der Waals surface area contributed by atoms with Gasteiger partial charge in [-0.15, -0.1) is 0 Å². The molecule has 0 bridgehead atoms. The topological polar surface area (TPSA) is 37.9 Å². The van der Waals surface area contributed by atoms with Crippen LogP contribution in [0.4, 0.5) is 0 Å². The molecule has 0 saturated heterocycles. The van der Waals surface area contributed by atoms with Gasteiger partial charge in [-0.3, -0.25) is 0 Å². The van der Waals surface area contributed by atoms with Gasteiger partial charge in [0.25, 0.3) is 0 Å². The summed E-state index contributed by atoms with van der Waals surface area (Å²) in [6.45, 7) is 4.18. The molecule has 4 heteroatoms. The number of aryl methyl sites for hydroxylation is 1. The van der Waals surface area contributed by atoms with Crippen LogP contribution in [0.2, 0.25) is 0 Å². The zero-order valence-corrected chi connectivity index (χ0v) is 11.8. The summed E-state index contributed by atoms with van der Waals surface area (Å²) in [5.41, 5.74) is 4.61. The molecular formula is C14H18N2OS. The molecule has 2 rings (SSSR count). The Labute approximate surface area is 113 Å². The maximum atomic E-state index is 5.32. The summed E-state index contributed by atoms with van der Waals surface area (Å²) >= 11 is 4.21. The zero-order chi connectivity index (χ0) is 13.1. The van der Waals surface area contributed by atoms with E-state index in [1.165, 1.54) is 16.7 Å². The first-order chi connectivity index (χ1) is 8.67. The van der Waals surface area contributed by atoms with Gasteiger partial charge in [-0.2, -0.15) is 12.6 Å². The standard InChI is InChI=1S/C14H18N2OS/c1-9-10(2)13(17-3)5-4-11(9)12-8-15-14(16-12)6-7-18/h4-5,8,18H,6-7H2,1-3H3,(H,15,16). The molecule has 0 aliphatic heterocycles. The maximum absolute atomic E-state index is 5.32. The van der Waals surface area contributed by atoms with Crippen LogP contribution in [0.5, 0.6) is 5.75 Å². The van der Waals surface area contributed by atoms with Gasteiger partial charge in [-0.05, 0) is 42.9 Å². The molecule has 1 aromatic carbocycles. The highest BCUT2D eigenvalue weighted by Gasteiger charge is 2.10. The van der Waals surface area contributed by atoms with E-state index in [2.05, 4.69) is 42.5 Å². The molecule has 0 aliphatic carbocycles. The number of hydrogen-bond donors (Lipinski definition) is 2. The molecular weight excluding hydrogens is 244 g/mol. The van der Waals surface area contributed by atoms with Crippen molar-refractivity contribution in [2.24, 2.45) is 0 Å². The molecule has 1 aromatic heterocycles. The quantitative estimate of drug-likeness (QED) is 0.831. The minimum Gasteiger partial charge on any atom is -0.496 e. The fourth-order valence-corrected chi connectivity index (χ4v) is 2.25. The van der Waals surface area contributed by atoms with E-state index in [9.17, 15) is 0 Å². The van der Waals surface area contributed by atoms with Crippen LogP contribution in [0.3, 0.4) is 0 Å². The van der Waals surface area contributed by atoms with Crippen LogP contribution in [0, 0.1) is 13.8 Å². The number of imidazole rings is 1. The van der Waals surface area contributed by atoms with Gasteiger partial charge < -0.3 is 9.72 Å². The fourth-order valence-electron chi connectivity index (χ4n) is 2.04. The van der Waals surface area contributed by atoms with Crippen LogP contribution in [0.15, 0.2) is 18.3 Å². The Morgan fingerprint density at radius 1 is 1.28 bits per heavy atom. The molecule has 0 radical (unpaired) electrons. The summed E-state index contributed by atoms with van der Waals surface area (Å²) < 4.78 is 5.32. The summed E-state index contributed by atoms with van der Waals surface area (Å²) in [5, 5.41) is 0. The fraction of sp³-hybridized carbons (Fsp3) is 0.357. The Kier molecular flexibility index (Phi) is 3.97. The van der Waals surface area contributed by atoms with Crippen LogP contribution in [-0.4, -0.2) is 22.8 Å². The second-order valence-corrected chi connectivity index (χ2v) is 4.73. The SMILES string of the molecule is COc1ccc(-c2cnc(CCS)[nH]2)c(C)c1C. The number of nitrogens with one attached hydrogen (secondary N) is 1. The molecule has 0 atom stereocenters. The molecule has 0 aliphatic rings. The van der Waals surface area contributed by atoms with Gasteiger partial charge in [-0.25, -0.2) is 4.98 Å². The normalized spacial score (nSPS) is 10.7. The first-order valence-corrected chi connectivity index (χ1v) is 6.60. The molecule has 3 nitrogen and oxygen atoms in total. The van der Waals surface area contributed by atoms with Crippen LogP contribution >= 0.6 is 12.6 Å². The first-order valence-electron chi connectivity index (χ1n) is 5.96. The first kappa shape index (κ1) is 13.0. The second kappa shape index (κ2) is 5.48. The van der Waals surface area contributed by atoms with Crippen molar-refractivity contribution in [2.75, 3.05) is 12.9 Å². The molecule has 2 aromatic rings. The van der Waals surface area contributed by atoms with E-state index >= 15 is 0 Å². The van der Waals surface area contributed by atoms with Crippen molar-refractivity contribution in [2.45, 2.75) is 20.3 Å². The molecule has 0 spiro atoms. The average Bonchev–Trinajstić information content (AvgIpc) is 2.81. The third kappa shape index (κ3) is 2.38. The van der Waals surface area contributed by atoms with Crippen molar-refractivity contribution in [3.8, 4) is 17.0 Å². The minimum atomic E-state index is 0.799. The minimum absolute atomic E-state index is 0.799. The number of nitrogens with zero attached hydrogens (tertiary/aromatic N) is 1. The number of methoxy groups -OCH3 is 1. The molecule has 0 saturated carbocycles.